The second kappa shape index (κ2) is 5.34. The quantitative estimate of drug-likeness (QED) is 0.558. The number of halogens is 3. The van der Waals surface area contributed by atoms with Gasteiger partial charge in [-0.25, -0.2) is 4.79 Å². The Labute approximate surface area is 91.2 Å². The lowest BCUT2D eigenvalue weighted by Crippen LogP contribution is -2.31. The third-order valence-corrected chi connectivity index (χ3v) is 2.15. The lowest BCUT2D eigenvalue weighted by Gasteiger charge is -2.23. The summed E-state index contributed by atoms with van der Waals surface area (Å²) in [5.41, 5.74) is 0. The molecule has 1 rings (SSSR count). The predicted molar refractivity (Wildman–Crippen MR) is 49.7 cm³/mol. The minimum Gasteiger partial charge on any atom is -0.451 e. The zero-order chi connectivity index (χ0) is 12.2. The number of alkyl halides is 3. The van der Waals surface area contributed by atoms with Crippen LogP contribution in [0.15, 0.2) is 12.2 Å². The van der Waals surface area contributed by atoms with Crippen molar-refractivity contribution in [3.8, 4) is 0 Å². The van der Waals surface area contributed by atoms with Gasteiger partial charge in [0, 0.05) is 6.61 Å². The van der Waals surface area contributed by atoms with Crippen molar-refractivity contribution in [1.82, 2.24) is 0 Å². The van der Waals surface area contributed by atoms with Crippen LogP contribution in [0.1, 0.15) is 19.8 Å². The van der Waals surface area contributed by atoms with E-state index in [1.54, 1.807) is 6.08 Å². The van der Waals surface area contributed by atoms with E-state index in [1.807, 2.05) is 6.92 Å². The molecule has 1 aliphatic carbocycles. The minimum absolute atomic E-state index is 0.0918. The summed E-state index contributed by atoms with van der Waals surface area (Å²) in [7, 11) is 0. The molecule has 0 N–H and O–H groups in total. The average Bonchev–Trinajstić information content (AvgIpc) is 2.20. The third-order valence-electron chi connectivity index (χ3n) is 2.15. The molecule has 0 spiro atoms. The van der Waals surface area contributed by atoms with Crippen LogP contribution in [0.5, 0.6) is 0 Å². The lowest BCUT2D eigenvalue weighted by molar-refractivity contribution is -0.203. The van der Waals surface area contributed by atoms with Gasteiger partial charge in [-0.3, -0.25) is 0 Å². The first-order valence-electron chi connectivity index (χ1n) is 5.01. The standard InChI is InChI=1S/C10H13F3O3/c1-2-15-7-3-5-8(6-4-7)16-9(14)10(11,12)13/h3,5,7-8H,2,4,6H2,1H3/t7-,8-/m1/s1. The SMILES string of the molecule is CCO[C@@H]1C=C[C@@H](OC(=O)C(F)(F)F)CC1. The summed E-state index contributed by atoms with van der Waals surface area (Å²) in [5.74, 6) is -2.14. The van der Waals surface area contributed by atoms with Gasteiger partial charge in [0.25, 0.3) is 0 Å². The average molecular weight is 238 g/mol. The molecular formula is C10H13F3O3. The number of rotatable bonds is 3. The summed E-state index contributed by atoms with van der Waals surface area (Å²) >= 11 is 0. The van der Waals surface area contributed by atoms with Crippen LogP contribution in [0.4, 0.5) is 13.2 Å². The zero-order valence-electron chi connectivity index (χ0n) is 8.79. The molecular weight excluding hydrogens is 225 g/mol. The fourth-order valence-electron chi connectivity index (χ4n) is 1.42. The Morgan fingerprint density at radius 2 is 1.88 bits per heavy atom. The Morgan fingerprint density at radius 3 is 2.31 bits per heavy atom. The Kier molecular flexibility index (Phi) is 4.35. The maximum atomic E-state index is 11.9. The molecule has 0 bridgehead atoms. The summed E-state index contributed by atoms with van der Waals surface area (Å²) in [6, 6.07) is 0. The zero-order valence-corrected chi connectivity index (χ0v) is 8.79. The molecule has 6 heteroatoms. The van der Waals surface area contributed by atoms with Crippen LogP contribution in [-0.2, 0) is 14.3 Å². The highest BCUT2D eigenvalue weighted by atomic mass is 19.4. The Hall–Kier alpha value is -1.04. The molecule has 16 heavy (non-hydrogen) atoms. The second-order valence-corrected chi connectivity index (χ2v) is 3.40. The summed E-state index contributed by atoms with van der Waals surface area (Å²) in [4.78, 5) is 10.5. The van der Waals surface area contributed by atoms with Crippen LogP contribution in [0, 0.1) is 0 Å². The van der Waals surface area contributed by atoms with E-state index in [4.69, 9.17) is 4.74 Å². The van der Waals surface area contributed by atoms with Crippen LogP contribution in [0.3, 0.4) is 0 Å². The third kappa shape index (κ3) is 3.84. The van der Waals surface area contributed by atoms with Crippen LogP contribution in [-0.4, -0.2) is 31.0 Å². The van der Waals surface area contributed by atoms with Crippen molar-refractivity contribution in [1.29, 1.82) is 0 Å². The molecule has 3 nitrogen and oxygen atoms in total. The Balaban J connectivity index is 2.42. The molecule has 0 aromatic carbocycles. The molecule has 0 heterocycles. The number of ether oxygens (including phenoxy) is 2. The van der Waals surface area contributed by atoms with Crippen LogP contribution in [0.2, 0.25) is 0 Å². The smallest absolute Gasteiger partial charge is 0.451 e. The highest BCUT2D eigenvalue weighted by Gasteiger charge is 2.42. The van der Waals surface area contributed by atoms with Crippen LogP contribution in [0.25, 0.3) is 0 Å². The highest BCUT2D eigenvalue weighted by molar-refractivity contribution is 5.75. The fourth-order valence-corrected chi connectivity index (χ4v) is 1.42. The molecule has 0 aliphatic heterocycles. The van der Waals surface area contributed by atoms with Gasteiger partial charge in [-0.15, -0.1) is 0 Å². The van der Waals surface area contributed by atoms with E-state index >= 15 is 0 Å². The highest BCUT2D eigenvalue weighted by Crippen LogP contribution is 2.22. The summed E-state index contributed by atoms with van der Waals surface area (Å²) in [5, 5.41) is 0. The summed E-state index contributed by atoms with van der Waals surface area (Å²) in [6.07, 6.45) is -1.85. The number of carbonyl (C=O) groups is 1. The molecule has 0 radical (unpaired) electrons. The molecule has 2 atom stereocenters. The molecule has 0 saturated heterocycles. The normalized spacial score (nSPS) is 25.5. The first-order chi connectivity index (χ1) is 7.43. The van der Waals surface area contributed by atoms with E-state index in [-0.39, 0.29) is 6.10 Å². The van der Waals surface area contributed by atoms with Gasteiger partial charge in [0.15, 0.2) is 0 Å². The van der Waals surface area contributed by atoms with Gasteiger partial charge in [0.2, 0.25) is 0 Å². The van der Waals surface area contributed by atoms with Crippen molar-refractivity contribution >= 4 is 5.97 Å². The lowest BCUT2D eigenvalue weighted by atomic mass is 10.0. The van der Waals surface area contributed by atoms with Crippen molar-refractivity contribution in [3.63, 3.8) is 0 Å². The predicted octanol–water partition coefficient (Wildman–Crippen LogP) is 2.22. The fraction of sp³-hybridized carbons (Fsp3) is 0.700. The van der Waals surface area contributed by atoms with Crippen LogP contribution >= 0.6 is 0 Å². The molecule has 0 saturated carbocycles. The summed E-state index contributed by atoms with van der Waals surface area (Å²) in [6.45, 7) is 2.38. The largest absolute Gasteiger partial charge is 0.490 e. The number of esters is 1. The molecule has 0 unspecified atom stereocenters. The Morgan fingerprint density at radius 1 is 1.31 bits per heavy atom. The van der Waals surface area contributed by atoms with E-state index in [0.717, 1.165) is 0 Å². The van der Waals surface area contributed by atoms with Crippen molar-refractivity contribution < 1.29 is 27.4 Å². The second-order valence-electron chi connectivity index (χ2n) is 3.40. The molecule has 0 aromatic rings. The number of hydrogen-bond donors (Lipinski definition) is 0. The van der Waals surface area contributed by atoms with E-state index in [1.165, 1.54) is 6.08 Å². The van der Waals surface area contributed by atoms with E-state index in [2.05, 4.69) is 4.74 Å². The van der Waals surface area contributed by atoms with Gasteiger partial charge in [-0.2, -0.15) is 13.2 Å². The maximum absolute atomic E-state index is 11.9. The van der Waals surface area contributed by atoms with E-state index in [0.29, 0.717) is 19.4 Å². The van der Waals surface area contributed by atoms with Crippen molar-refractivity contribution in [2.24, 2.45) is 0 Å². The minimum atomic E-state index is -4.93. The van der Waals surface area contributed by atoms with Crippen molar-refractivity contribution in [2.75, 3.05) is 6.61 Å². The van der Waals surface area contributed by atoms with Crippen molar-refractivity contribution in [3.05, 3.63) is 12.2 Å². The molecule has 1 aliphatic rings. The van der Waals surface area contributed by atoms with E-state index < -0.39 is 18.2 Å². The van der Waals surface area contributed by atoms with E-state index in [9.17, 15) is 18.0 Å². The topological polar surface area (TPSA) is 35.5 Å². The summed E-state index contributed by atoms with van der Waals surface area (Å²) < 4.78 is 45.2. The van der Waals surface area contributed by atoms with Gasteiger partial charge >= 0.3 is 12.1 Å². The Bertz CT molecular complexity index is 273. The first kappa shape index (κ1) is 13.0. The number of carbonyl (C=O) groups excluding carboxylic acids is 1. The van der Waals surface area contributed by atoms with Crippen molar-refractivity contribution in [2.45, 2.75) is 38.1 Å². The molecule has 92 valence electrons. The van der Waals surface area contributed by atoms with Gasteiger partial charge in [0.05, 0.1) is 6.10 Å². The van der Waals surface area contributed by atoms with Gasteiger partial charge in [-0.1, -0.05) is 6.08 Å². The number of hydrogen-bond acceptors (Lipinski definition) is 3. The maximum Gasteiger partial charge on any atom is 0.490 e. The first-order valence-corrected chi connectivity index (χ1v) is 5.01. The molecule has 0 fully saturated rings. The van der Waals surface area contributed by atoms with Crippen LogP contribution < -0.4 is 0 Å². The van der Waals surface area contributed by atoms with Gasteiger partial charge in [0.1, 0.15) is 6.10 Å². The van der Waals surface area contributed by atoms with Gasteiger partial charge in [-0.05, 0) is 25.8 Å². The monoisotopic (exact) mass is 238 g/mol. The van der Waals surface area contributed by atoms with Gasteiger partial charge < -0.3 is 9.47 Å². The molecule has 0 amide bonds. The molecule has 0 aromatic heterocycles.